The van der Waals surface area contributed by atoms with Gasteiger partial charge in [-0.25, -0.2) is 0 Å². The summed E-state index contributed by atoms with van der Waals surface area (Å²) in [6, 6.07) is 4.17. The van der Waals surface area contributed by atoms with Gasteiger partial charge in [0.2, 0.25) is 0 Å². The Kier molecular flexibility index (Phi) is 6.37. The minimum Gasteiger partial charge on any atom is -0.305 e. The maximum Gasteiger partial charge on any atom is 0.0635 e. The quantitative estimate of drug-likeness (QED) is 0.553. The van der Waals surface area contributed by atoms with Crippen molar-refractivity contribution >= 4 is 0 Å². The fourth-order valence-corrected chi connectivity index (χ4v) is 0.781. The van der Waals surface area contributed by atoms with Gasteiger partial charge in [-0.2, -0.15) is 10.5 Å². The summed E-state index contributed by atoms with van der Waals surface area (Å²) in [5.41, 5.74) is 0. The van der Waals surface area contributed by atoms with Crippen LogP contribution < -0.4 is 0 Å². The third kappa shape index (κ3) is 6.83. The van der Waals surface area contributed by atoms with Crippen molar-refractivity contribution in [3.8, 4) is 12.1 Å². The van der Waals surface area contributed by atoms with Gasteiger partial charge in [-0.15, -0.1) is 0 Å². The number of nitriles is 2. The molecule has 0 aliphatic carbocycles. The first-order valence-corrected chi connectivity index (χ1v) is 3.73. The largest absolute Gasteiger partial charge is 0.305 e. The summed E-state index contributed by atoms with van der Waals surface area (Å²) in [5, 5.41) is 16.5. The normalized spacial score (nSPS) is 9.09. The molecule has 0 amide bonds. The molecule has 0 aliphatic heterocycles. The maximum atomic E-state index is 8.26. The van der Waals surface area contributed by atoms with Gasteiger partial charge in [0.05, 0.1) is 12.1 Å². The van der Waals surface area contributed by atoms with Gasteiger partial charge in [-0.3, -0.25) is 0 Å². The fourth-order valence-electron chi connectivity index (χ4n) is 0.781. The monoisotopic (exact) mass is 151 g/mol. The van der Waals surface area contributed by atoms with Gasteiger partial charge >= 0.3 is 0 Å². The van der Waals surface area contributed by atoms with Gasteiger partial charge < -0.3 is 4.90 Å². The highest BCUT2D eigenvalue weighted by atomic mass is 15.1. The Morgan fingerprint density at radius 2 is 1.73 bits per heavy atom. The molecule has 0 atom stereocenters. The molecule has 0 bridgehead atoms. The van der Waals surface area contributed by atoms with Crippen molar-refractivity contribution in [3.05, 3.63) is 0 Å². The van der Waals surface area contributed by atoms with E-state index in [2.05, 4.69) is 17.0 Å². The molecule has 0 saturated heterocycles. The lowest BCUT2D eigenvalue weighted by atomic mass is 10.3. The second-order valence-electron chi connectivity index (χ2n) is 2.47. The molecule has 0 rings (SSSR count). The second kappa shape index (κ2) is 7.05. The minimum atomic E-state index is 0.572. The van der Waals surface area contributed by atoms with Crippen molar-refractivity contribution in [2.75, 3.05) is 20.1 Å². The zero-order valence-electron chi connectivity index (χ0n) is 6.88. The van der Waals surface area contributed by atoms with Crippen LogP contribution in [-0.4, -0.2) is 25.0 Å². The van der Waals surface area contributed by atoms with E-state index in [9.17, 15) is 0 Å². The molecule has 11 heavy (non-hydrogen) atoms. The number of unbranched alkanes of at least 4 members (excludes halogenated alkanes) is 1. The standard InChI is InChI=1S/C8H13N3/c1-11(8-4-6-10)7-3-2-5-9/h2-4,7-8H2,1H3. The Labute approximate surface area is 67.8 Å². The van der Waals surface area contributed by atoms with Gasteiger partial charge in [-0.05, 0) is 20.0 Å². The van der Waals surface area contributed by atoms with Crippen molar-refractivity contribution in [2.24, 2.45) is 0 Å². The van der Waals surface area contributed by atoms with E-state index in [0.717, 1.165) is 19.5 Å². The minimum absolute atomic E-state index is 0.572. The summed E-state index contributed by atoms with van der Waals surface area (Å²) in [4.78, 5) is 2.07. The third-order valence-electron chi connectivity index (χ3n) is 1.43. The zero-order valence-corrected chi connectivity index (χ0v) is 6.88. The summed E-state index contributed by atoms with van der Waals surface area (Å²) in [6.45, 7) is 1.72. The van der Waals surface area contributed by atoms with Gasteiger partial charge in [0, 0.05) is 19.4 Å². The average molecular weight is 151 g/mol. The molecule has 0 aliphatic rings. The van der Waals surface area contributed by atoms with Crippen LogP contribution in [0, 0.1) is 22.7 Å². The lowest BCUT2D eigenvalue weighted by Crippen LogP contribution is -2.20. The number of rotatable bonds is 5. The molecule has 0 N–H and O–H groups in total. The predicted molar refractivity (Wildman–Crippen MR) is 42.6 cm³/mol. The van der Waals surface area contributed by atoms with E-state index in [0.29, 0.717) is 12.8 Å². The molecule has 3 nitrogen and oxygen atoms in total. The van der Waals surface area contributed by atoms with Crippen molar-refractivity contribution in [2.45, 2.75) is 19.3 Å². The highest BCUT2D eigenvalue weighted by Gasteiger charge is 1.95. The summed E-state index contributed by atoms with van der Waals surface area (Å²) in [5.74, 6) is 0. The summed E-state index contributed by atoms with van der Waals surface area (Å²) in [6.07, 6.45) is 2.08. The highest BCUT2D eigenvalue weighted by molar-refractivity contribution is 4.72. The van der Waals surface area contributed by atoms with Crippen molar-refractivity contribution in [3.63, 3.8) is 0 Å². The average Bonchev–Trinajstić information content (AvgIpc) is 2.01. The Hall–Kier alpha value is -1.06. The predicted octanol–water partition coefficient (Wildman–Crippen LogP) is 1.14. The lowest BCUT2D eigenvalue weighted by molar-refractivity contribution is 0.339. The fraction of sp³-hybridized carbons (Fsp3) is 0.750. The Morgan fingerprint density at radius 3 is 2.27 bits per heavy atom. The highest BCUT2D eigenvalue weighted by Crippen LogP contribution is 1.92. The zero-order chi connectivity index (χ0) is 8.53. The van der Waals surface area contributed by atoms with Crippen LogP contribution in [0.1, 0.15) is 19.3 Å². The molecule has 3 heteroatoms. The van der Waals surface area contributed by atoms with Gasteiger partial charge in [-0.1, -0.05) is 0 Å². The van der Waals surface area contributed by atoms with Crippen LogP contribution >= 0.6 is 0 Å². The summed E-state index contributed by atoms with van der Waals surface area (Å²) < 4.78 is 0. The topological polar surface area (TPSA) is 50.8 Å². The smallest absolute Gasteiger partial charge is 0.0635 e. The third-order valence-corrected chi connectivity index (χ3v) is 1.43. The van der Waals surface area contributed by atoms with E-state index in [-0.39, 0.29) is 0 Å². The molecule has 0 aromatic carbocycles. The molecule has 0 spiro atoms. The molecule has 0 aromatic rings. The molecular formula is C8H13N3. The van der Waals surface area contributed by atoms with E-state index < -0.39 is 0 Å². The Morgan fingerprint density at radius 1 is 1.09 bits per heavy atom. The molecule has 0 fully saturated rings. The van der Waals surface area contributed by atoms with Crippen LogP contribution in [0.5, 0.6) is 0 Å². The SMILES string of the molecule is CN(CCC#N)CCCC#N. The van der Waals surface area contributed by atoms with Crippen LogP contribution in [-0.2, 0) is 0 Å². The molecular weight excluding hydrogens is 138 g/mol. The van der Waals surface area contributed by atoms with Crippen molar-refractivity contribution in [1.82, 2.24) is 4.90 Å². The van der Waals surface area contributed by atoms with Crippen LogP contribution in [0.2, 0.25) is 0 Å². The van der Waals surface area contributed by atoms with E-state index in [1.54, 1.807) is 0 Å². The van der Waals surface area contributed by atoms with Crippen LogP contribution in [0.15, 0.2) is 0 Å². The first kappa shape index (κ1) is 9.94. The van der Waals surface area contributed by atoms with Gasteiger partial charge in [0.1, 0.15) is 0 Å². The molecule has 0 heterocycles. The van der Waals surface area contributed by atoms with Crippen LogP contribution in [0.25, 0.3) is 0 Å². The van der Waals surface area contributed by atoms with Crippen molar-refractivity contribution < 1.29 is 0 Å². The molecule has 0 radical (unpaired) electrons. The maximum absolute atomic E-state index is 8.26. The van der Waals surface area contributed by atoms with E-state index in [1.165, 1.54) is 0 Å². The molecule has 0 saturated carbocycles. The Balaban J connectivity index is 3.18. The van der Waals surface area contributed by atoms with Crippen molar-refractivity contribution in [1.29, 1.82) is 10.5 Å². The number of nitrogens with zero attached hydrogens (tertiary/aromatic N) is 3. The molecule has 0 aromatic heterocycles. The van der Waals surface area contributed by atoms with Crippen LogP contribution in [0.3, 0.4) is 0 Å². The van der Waals surface area contributed by atoms with E-state index >= 15 is 0 Å². The van der Waals surface area contributed by atoms with E-state index in [1.807, 2.05) is 7.05 Å². The van der Waals surface area contributed by atoms with Gasteiger partial charge in [0.25, 0.3) is 0 Å². The first-order chi connectivity index (χ1) is 5.31. The summed E-state index contributed by atoms with van der Waals surface area (Å²) in [7, 11) is 1.97. The molecule has 60 valence electrons. The lowest BCUT2D eigenvalue weighted by Gasteiger charge is -2.12. The second-order valence-corrected chi connectivity index (χ2v) is 2.47. The van der Waals surface area contributed by atoms with Gasteiger partial charge in [0.15, 0.2) is 0 Å². The van der Waals surface area contributed by atoms with Crippen LogP contribution in [0.4, 0.5) is 0 Å². The Bertz CT molecular complexity index is 163. The van der Waals surface area contributed by atoms with E-state index in [4.69, 9.17) is 10.5 Å². The molecule has 0 unspecified atom stereocenters. The summed E-state index contributed by atoms with van der Waals surface area (Å²) >= 11 is 0. The first-order valence-electron chi connectivity index (χ1n) is 3.73. The number of hydrogen-bond donors (Lipinski definition) is 0. The number of hydrogen-bond acceptors (Lipinski definition) is 3.